The molecule has 2 rings (SSSR count). The van der Waals surface area contributed by atoms with Crippen molar-refractivity contribution < 1.29 is 21.9 Å². The van der Waals surface area contributed by atoms with E-state index in [1.54, 1.807) is 0 Å². The summed E-state index contributed by atoms with van der Waals surface area (Å²) in [5.41, 5.74) is 0.128. The fourth-order valence-electron chi connectivity index (χ4n) is 2.68. The minimum atomic E-state index is -3.02. The lowest BCUT2D eigenvalue weighted by atomic mass is 10.1. The maximum atomic E-state index is 14.0. The van der Waals surface area contributed by atoms with E-state index in [1.165, 1.54) is 13.2 Å². The molecule has 4 nitrogen and oxygen atoms in total. The van der Waals surface area contributed by atoms with Crippen molar-refractivity contribution in [1.29, 1.82) is 0 Å². The normalized spacial score (nSPS) is 20.9. The fraction of sp³-hybridized carbons (Fsp3) is 0.571. The Bertz CT molecular complexity index is 619. The lowest BCUT2D eigenvalue weighted by Crippen LogP contribution is -2.36. The third-order valence-electron chi connectivity index (χ3n) is 3.87. The van der Waals surface area contributed by atoms with Crippen LogP contribution in [0.3, 0.4) is 0 Å². The number of halogens is 2. The molecule has 0 bridgehead atoms. The second-order valence-electron chi connectivity index (χ2n) is 5.16. The number of ether oxygens (including phenoxy) is 1. The van der Waals surface area contributed by atoms with Gasteiger partial charge in [-0.2, -0.15) is 0 Å². The van der Waals surface area contributed by atoms with E-state index in [1.807, 2.05) is 11.8 Å². The van der Waals surface area contributed by atoms with Crippen LogP contribution in [0.1, 0.15) is 18.9 Å². The van der Waals surface area contributed by atoms with Crippen LogP contribution in [0.4, 0.5) is 8.78 Å². The summed E-state index contributed by atoms with van der Waals surface area (Å²) in [5.74, 6) is -1.38. The van der Waals surface area contributed by atoms with Crippen LogP contribution in [0.15, 0.2) is 12.1 Å². The summed E-state index contributed by atoms with van der Waals surface area (Å²) in [4.78, 5) is 1.85. The van der Waals surface area contributed by atoms with E-state index in [2.05, 4.69) is 0 Å². The first kappa shape index (κ1) is 16.2. The van der Waals surface area contributed by atoms with Crippen LogP contribution in [0.25, 0.3) is 0 Å². The van der Waals surface area contributed by atoms with E-state index >= 15 is 0 Å². The highest BCUT2D eigenvalue weighted by molar-refractivity contribution is 7.91. The molecule has 1 aliphatic rings. The molecule has 7 heteroatoms. The van der Waals surface area contributed by atoms with E-state index in [0.717, 1.165) is 6.07 Å². The van der Waals surface area contributed by atoms with E-state index in [-0.39, 0.29) is 35.4 Å². The smallest absolute Gasteiger partial charge is 0.167 e. The standard InChI is InChI=1S/C14H19F2NO3S/c1-3-17(10-6-7-21(18,19)9-10)8-11-13(20-2)5-4-12(15)14(11)16/h4-5,10H,3,6-9H2,1-2H3/t10-/m1/s1. The third kappa shape index (κ3) is 3.52. The zero-order valence-electron chi connectivity index (χ0n) is 12.1. The highest BCUT2D eigenvalue weighted by Crippen LogP contribution is 2.27. The van der Waals surface area contributed by atoms with Crippen molar-refractivity contribution in [1.82, 2.24) is 4.90 Å². The summed E-state index contributed by atoms with van der Waals surface area (Å²) in [7, 11) is -1.62. The molecule has 1 heterocycles. The Kier molecular flexibility index (Phi) is 4.83. The average Bonchev–Trinajstić information content (AvgIpc) is 2.80. The van der Waals surface area contributed by atoms with Crippen LogP contribution in [-0.4, -0.2) is 44.5 Å². The molecular formula is C14H19F2NO3S. The second kappa shape index (κ2) is 6.27. The molecule has 0 amide bonds. The number of methoxy groups -OCH3 is 1. The van der Waals surface area contributed by atoms with Gasteiger partial charge in [-0.1, -0.05) is 6.92 Å². The Morgan fingerprint density at radius 1 is 1.38 bits per heavy atom. The molecule has 1 fully saturated rings. The molecule has 118 valence electrons. The molecule has 1 aromatic rings. The van der Waals surface area contributed by atoms with Crippen LogP contribution in [0, 0.1) is 11.6 Å². The topological polar surface area (TPSA) is 46.6 Å². The number of hydrogen-bond donors (Lipinski definition) is 0. The molecule has 0 aliphatic carbocycles. The van der Waals surface area contributed by atoms with Crippen molar-refractivity contribution >= 4 is 9.84 Å². The summed E-state index contributed by atoms with van der Waals surface area (Å²) in [6.45, 7) is 2.55. The van der Waals surface area contributed by atoms with Crippen molar-refractivity contribution in [2.24, 2.45) is 0 Å². The molecule has 0 N–H and O–H groups in total. The quantitative estimate of drug-likeness (QED) is 0.833. The van der Waals surface area contributed by atoms with Gasteiger partial charge in [0.05, 0.1) is 18.6 Å². The molecule has 0 aromatic heterocycles. The van der Waals surface area contributed by atoms with Gasteiger partial charge < -0.3 is 4.74 Å². The van der Waals surface area contributed by atoms with E-state index in [0.29, 0.717) is 13.0 Å². The number of sulfone groups is 1. The molecule has 0 radical (unpaired) electrons. The van der Waals surface area contributed by atoms with Crippen LogP contribution < -0.4 is 4.74 Å². The lowest BCUT2D eigenvalue weighted by Gasteiger charge is -2.27. The van der Waals surface area contributed by atoms with E-state index < -0.39 is 21.5 Å². The Balaban J connectivity index is 2.25. The summed E-state index contributed by atoms with van der Waals surface area (Å²) in [5, 5.41) is 0. The van der Waals surface area contributed by atoms with Crippen LogP contribution >= 0.6 is 0 Å². The summed E-state index contributed by atoms with van der Waals surface area (Å²) < 4.78 is 55.6. The van der Waals surface area contributed by atoms with Gasteiger partial charge in [0.1, 0.15) is 5.75 Å². The molecule has 0 spiro atoms. The minimum absolute atomic E-state index is 0.0695. The van der Waals surface area contributed by atoms with Gasteiger partial charge >= 0.3 is 0 Å². The van der Waals surface area contributed by atoms with Crippen molar-refractivity contribution in [3.05, 3.63) is 29.3 Å². The Labute approximate surface area is 123 Å². The largest absolute Gasteiger partial charge is 0.496 e. The van der Waals surface area contributed by atoms with Gasteiger partial charge in [-0.25, -0.2) is 17.2 Å². The van der Waals surface area contributed by atoms with Gasteiger partial charge in [0, 0.05) is 18.2 Å². The van der Waals surface area contributed by atoms with Gasteiger partial charge in [-0.3, -0.25) is 4.90 Å². The second-order valence-corrected chi connectivity index (χ2v) is 7.39. The van der Waals surface area contributed by atoms with Crippen LogP contribution in [0.2, 0.25) is 0 Å². The predicted molar refractivity (Wildman–Crippen MR) is 76.1 cm³/mol. The van der Waals surface area contributed by atoms with Crippen LogP contribution in [-0.2, 0) is 16.4 Å². The first-order chi connectivity index (χ1) is 9.88. The fourth-order valence-corrected chi connectivity index (χ4v) is 4.44. The zero-order chi connectivity index (χ0) is 15.6. The summed E-state index contributed by atoms with van der Waals surface area (Å²) in [6.07, 6.45) is 0.523. The van der Waals surface area contributed by atoms with Crippen LogP contribution in [0.5, 0.6) is 5.75 Å². The van der Waals surface area contributed by atoms with Gasteiger partial charge in [-0.05, 0) is 25.1 Å². The number of hydrogen-bond acceptors (Lipinski definition) is 4. The summed E-state index contributed by atoms with van der Waals surface area (Å²) in [6, 6.07) is 2.24. The first-order valence-electron chi connectivity index (χ1n) is 6.83. The molecular weight excluding hydrogens is 300 g/mol. The third-order valence-corrected chi connectivity index (χ3v) is 5.62. The highest BCUT2D eigenvalue weighted by Gasteiger charge is 2.32. The lowest BCUT2D eigenvalue weighted by molar-refractivity contribution is 0.208. The van der Waals surface area contributed by atoms with Gasteiger partial charge in [-0.15, -0.1) is 0 Å². The molecule has 1 saturated heterocycles. The monoisotopic (exact) mass is 319 g/mol. The minimum Gasteiger partial charge on any atom is -0.496 e. The predicted octanol–water partition coefficient (Wildman–Crippen LogP) is 1.98. The maximum Gasteiger partial charge on any atom is 0.167 e. The zero-order valence-corrected chi connectivity index (χ0v) is 12.9. The Morgan fingerprint density at radius 2 is 2.10 bits per heavy atom. The van der Waals surface area contributed by atoms with E-state index in [9.17, 15) is 17.2 Å². The highest BCUT2D eigenvalue weighted by atomic mass is 32.2. The molecule has 0 saturated carbocycles. The number of rotatable bonds is 5. The van der Waals surface area contributed by atoms with Crippen molar-refractivity contribution in [3.8, 4) is 5.75 Å². The SMILES string of the molecule is CCN(Cc1c(OC)ccc(F)c1F)[C@@H]1CCS(=O)(=O)C1. The molecule has 1 aromatic carbocycles. The van der Waals surface area contributed by atoms with Crippen molar-refractivity contribution in [2.45, 2.75) is 25.9 Å². The van der Waals surface area contributed by atoms with Crippen molar-refractivity contribution in [3.63, 3.8) is 0 Å². The number of nitrogens with zero attached hydrogens (tertiary/aromatic N) is 1. The molecule has 1 aliphatic heterocycles. The van der Waals surface area contributed by atoms with Gasteiger partial charge in [0.15, 0.2) is 21.5 Å². The molecule has 21 heavy (non-hydrogen) atoms. The Morgan fingerprint density at radius 3 is 2.62 bits per heavy atom. The molecule has 0 unspecified atom stereocenters. The summed E-state index contributed by atoms with van der Waals surface area (Å²) >= 11 is 0. The van der Waals surface area contributed by atoms with Crippen molar-refractivity contribution in [2.75, 3.05) is 25.2 Å². The van der Waals surface area contributed by atoms with Gasteiger partial charge in [0.2, 0.25) is 0 Å². The van der Waals surface area contributed by atoms with E-state index in [4.69, 9.17) is 4.74 Å². The Hall–Kier alpha value is -1.21. The first-order valence-corrected chi connectivity index (χ1v) is 8.65. The average molecular weight is 319 g/mol. The number of benzene rings is 1. The van der Waals surface area contributed by atoms with Gasteiger partial charge in [0.25, 0.3) is 0 Å². The molecule has 1 atom stereocenters. The maximum absolute atomic E-state index is 14.0.